The number of nitrogens with zero attached hydrogens (tertiary/aromatic N) is 3. The molecule has 0 saturated heterocycles. The summed E-state index contributed by atoms with van der Waals surface area (Å²) in [5.41, 5.74) is 2.42. The lowest BCUT2D eigenvalue weighted by atomic mass is 10.2. The van der Waals surface area contributed by atoms with Crippen LogP contribution in [0.25, 0.3) is 0 Å². The number of rotatable bonds is 11. The number of benzene rings is 2. The first-order chi connectivity index (χ1) is 15.1. The molecular formula is C24H29N5O2. The fraction of sp³-hybridized carbons (Fsp3) is 0.292. The van der Waals surface area contributed by atoms with Crippen molar-refractivity contribution in [2.24, 2.45) is 0 Å². The maximum Gasteiger partial charge on any atom is 0.251 e. The highest BCUT2D eigenvalue weighted by Crippen LogP contribution is 2.11. The molecule has 0 bridgehead atoms. The Hall–Kier alpha value is -3.45. The molecule has 1 heterocycles. The zero-order valence-corrected chi connectivity index (χ0v) is 17.8. The number of nitrogens with one attached hydrogen (secondary N) is 2. The molecule has 0 spiro atoms. The van der Waals surface area contributed by atoms with Crippen LogP contribution in [-0.2, 0) is 17.9 Å². The predicted octanol–water partition coefficient (Wildman–Crippen LogP) is 3.16. The van der Waals surface area contributed by atoms with Gasteiger partial charge in [0.05, 0.1) is 6.33 Å². The number of carbonyl (C=O) groups is 2. The van der Waals surface area contributed by atoms with Gasteiger partial charge in [0.25, 0.3) is 5.91 Å². The highest BCUT2D eigenvalue weighted by molar-refractivity contribution is 5.97. The fourth-order valence-electron chi connectivity index (χ4n) is 3.24. The van der Waals surface area contributed by atoms with Gasteiger partial charge in [0.15, 0.2) is 0 Å². The Morgan fingerprint density at radius 2 is 1.94 bits per heavy atom. The van der Waals surface area contributed by atoms with Crippen molar-refractivity contribution in [2.45, 2.75) is 25.9 Å². The van der Waals surface area contributed by atoms with E-state index in [0.717, 1.165) is 19.5 Å². The summed E-state index contributed by atoms with van der Waals surface area (Å²) in [7, 11) is 2.08. The standard InChI is InChI=1S/C24H29N5O2/c1-28(18-20-7-3-2-4-8-20)14-6-12-26-24(31)21-9-5-10-22(17-21)27-23(30)11-15-29-16-13-25-19-29/h2-5,7-10,13,16-17,19H,6,11-12,14-15,18H2,1H3,(H,26,31)(H,27,30). The van der Waals surface area contributed by atoms with E-state index in [4.69, 9.17) is 0 Å². The van der Waals surface area contributed by atoms with Crippen molar-refractivity contribution in [1.29, 1.82) is 0 Å². The first-order valence-corrected chi connectivity index (χ1v) is 10.5. The zero-order chi connectivity index (χ0) is 21.9. The minimum atomic E-state index is -0.139. The van der Waals surface area contributed by atoms with Gasteiger partial charge in [0.2, 0.25) is 5.91 Å². The van der Waals surface area contributed by atoms with E-state index >= 15 is 0 Å². The molecule has 1 aromatic heterocycles. The molecule has 3 rings (SSSR count). The Morgan fingerprint density at radius 1 is 1.10 bits per heavy atom. The molecule has 0 saturated carbocycles. The third-order valence-electron chi connectivity index (χ3n) is 4.86. The number of amides is 2. The van der Waals surface area contributed by atoms with Gasteiger partial charge in [-0.15, -0.1) is 0 Å². The van der Waals surface area contributed by atoms with Gasteiger partial charge in [0.1, 0.15) is 0 Å². The molecule has 31 heavy (non-hydrogen) atoms. The second-order valence-electron chi connectivity index (χ2n) is 7.51. The van der Waals surface area contributed by atoms with Gasteiger partial charge in [-0.2, -0.15) is 0 Å². The van der Waals surface area contributed by atoms with Crippen LogP contribution >= 0.6 is 0 Å². The van der Waals surface area contributed by atoms with Crippen molar-refractivity contribution in [2.75, 3.05) is 25.5 Å². The minimum absolute atomic E-state index is 0.104. The quantitative estimate of drug-likeness (QED) is 0.468. The predicted molar refractivity (Wildman–Crippen MR) is 122 cm³/mol. The van der Waals surface area contributed by atoms with Gasteiger partial charge in [0, 0.05) is 49.7 Å². The Kier molecular flexibility index (Phi) is 8.37. The van der Waals surface area contributed by atoms with Gasteiger partial charge >= 0.3 is 0 Å². The lowest BCUT2D eigenvalue weighted by Crippen LogP contribution is -2.28. The van der Waals surface area contributed by atoms with Crippen LogP contribution in [0.1, 0.15) is 28.8 Å². The summed E-state index contributed by atoms with van der Waals surface area (Å²) in [5, 5.41) is 5.80. The second kappa shape index (κ2) is 11.7. The summed E-state index contributed by atoms with van der Waals surface area (Å²) in [5.74, 6) is -0.243. The van der Waals surface area contributed by atoms with Gasteiger partial charge in [-0.3, -0.25) is 9.59 Å². The van der Waals surface area contributed by atoms with Gasteiger partial charge in [-0.1, -0.05) is 36.4 Å². The van der Waals surface area contributed by atoms with E-state index in [9.17, 15) is 9.59 Å². The molecule has 0 fully saturated rings. The van der Waals surface area contributed by atoms with Gasteiger partial charge < -0.3 is 20.1 Å². The SMILES string of the molecule is CN(CCCNC(=O)c1cccc(NC(=O)CCn2ccnc2)c1)Cc1ccccc1. The summed E-state index contributed by atoms with van der Waals surface area (Å²) in [6, 6.07) is 17.3. The molecule has 0 atom stereocenters. The van der Waals surface area contributed by atoms with Gasteiger partial charge in [-0.25, -0.2) is 4.98 Å². The van der Waals surface area contributed by atoms with E-state index in [-0.39, 0.29) is 11.8 Å². The smallest absolute Gasteiger partial charge is 0.251 e. The van der Waals surface area contributed by atoms with E-state index in [0.29, 0.717) is 30.8 Å². The summed E-state index contributed by atoms with van der Waals surface area (Å²) < 4.78 is 1.85. The van der Waals surface area contributed by atoms with Crippen LogP contribution in [-0.4, -0.2) is 46.4 Å². The molecule has 0 unspecified atom stereocenters. The second-order valence-corrected chi connectivity index (χ2v) is 7.51. The molecule has 162 valence electrons. The Morgan fingerprint density at radius 3 is 2.71 bits per heavy atom. The van der Waals surface area contributed by atoms with E-state index in [1.807, 2.05) is 29.0 Å². The Balaban J connectivity index is 1.38. The Labute approximate surface area is 183 Å². The van der Waals surface area contributed by atoms with Crippen LogP contribution in [0.3, 0.4) is 0 Å². The molecule has 0 aliphatic rings. The van der Waals surface area contributed by atoms with Crippen LogP contribution < -0.4 is 10.6 Å². The molecule has 3 aromatic rings. The topological polar surface area (TPSA) is 79.3 Å². The normalized spacial score (nSPS) is 10.8. The highest BCUT2D eigenvalue weighted by atomic mass is 16.2. The van der Waals surface area contributed by atoms with E-state index < -0.39 is 0 Å². The summed E-state index contributed by atoms with van der Waals surface area (Å²) in [6.07, 6.45) is 6.37. The number of aromatic nitrogens is 2. The van der Waals surface area contributed by atoms with E-state index in [2.05, 4.69) is 39.7 Å². The van der Waals surface area contributed by atoms with Crippen molar-refractivity contribution >= 4 is 17.5 Å². The first kappa shape index (κ1) is 22.2. The number of carbonyl (C=O) groups excluding carboxylic acids is 2. The number of hydrogen-bond acceptors (Lipinski definition) is 4. The number of hydrogen-bond donors (Lipinski definition) is 2. The molecular weight excluding hydrogens is 390 g/mol. The van der Waals surface area contributed by atoms with Crippen LogP contribution in [0.15, 0.2) is 73.3 Å². The monoisotopic (exact) mass is 419 g/mol. The average Bonchev–Trinajstić information content (AvgIpc) is 3.30. The fourth-order valence-corrected chi connectivity index (χ4v) is 3.24. The van der Waals surface area contributed by atoms with Crippen molar-refractivity contribution < 1.29 is 9.59 Å². The molecule has 7 heteroatoms. The molecule has 2 N–H and O–H groups in total. The highest BCUT2D eigenvalue weighted by Gasteiger charge is 2.08. The molecule has 0 radical (unpaired) electrons. The van der Waals surface area contributed by atoms with Crippen molar-refractivity contribution in [3.05, 3.63) is 84.4 Å². The molecule has 0 aliphatic carbocycles. The Bertz CT molecular complexity index is 957. The average molecular weight is 420 g/mol. The van der Waals surface area contributed by atoms with Crippen molar-refractivity contribution in [3.63, 3.8) is 0 Å². The van der Waals surface area contributed by atoms with Crippen LogP contribution in [0.2, 0.25) is 0 Å². The lowest BCUT2D eigenvalue weighted by molar-refractivity contribution is -0.116. The molecule has 0 aliphatic heterocycles. The summed E-state index contributed by atoms with van der Waals surface area (Å²) in [4.78, 5) is 30.8. The molecule has 2 aromatic carbocycles. The summed E-state index contributed by atoms with van der Waals surface area (Å²) >= 11 is 0. The number of anilines is 1. The lowest BCUT2D eigenvalue weighted by Gasteiger charge is -2.16. The minimum Gasteiger partial charge on any atom is -0.352 e. The largest absolute Gasteiger partial charge is 0.352 e. The van der Waals surface area contributed by atoms with Crippen molar-refractivity contribution in [3.8, 4) is 0 Å². The van der Waals surface area contributed by atoms with Crippen LogP contribution in [0, 0.1) is 0 Å². The van der Waals surface area contributed by atoms with E-state index in [1.165, 1.54) is 5.56 Å². The van der Waals surface area contributed by atoms with E-state index in [1.54, 1.807) is 36.8 Å². The summed E-state index contributed by atoms with van der Waals surface area (Å²) in [6.45, 7) is 2.93. The maximum absolute atomic E-state index is 12.5. The van der Waals surface area contributed by atoms with Crippen LogP contribution in [0.4, 0.5) is 5.69 Å². The third kappa shape index (κ3) is 7.71. The van der Waals surface area contributed by atoms with Crippen LogP contribution in [0.5, 0.6) is 0 Å². The van der Waals surface area contributed by atoms with Gasteiger partial charge in [-0.05, 0) is 43.8 Å². The first-order valence-electron chi connectivity index (χ1n) is 10.5. The number of aryl methyl sites for hydroxylation is 1. The zero-order valence-electron chi connectivity index (χ0n) is 17.8. The maximum atomic E-state index is 12.5. The molecule has 7 nitrogen and oxygen atoms in total. The molecule has 2 amide bonds. The third-order valence-corrected chi connectivity index (χ3v) is 4.86. The van der Waals surface area contributed by atoms with Crippen molar-refractivity contribution in [1.82, 2.24) is 19.8 Å². The number of imidazole rings is 1.